The van der Waals surface area contributed by atoms with Gasteiger partial charge in [0.1, 0.15) is 5.78 Å². The summed E-state index contributed by atoms with van der Waals surface area (Å²) in [6.45, 7) is 1.67. The van der Waals surface area contributed by atoms with Crippen LogP contribution in [-0.2, 0) is 4.79 Å². The lowest BCUT2D eigenvalue weighted by atomic mass is 9.80. The molecule has 0 bridgehead atoms. The van der Waals surface area contributed by atoms with Crippen LogP contribution < -0.4 is 0 Å². The quantitative estimate of drug-likeness (QED) is 0.644. The second kappa shape index (κ2) is 4.39. The number of hydrogen-bond donors (Lipinski definition) is 1. The van der Waals surface area contributed by atoms with Crippen molar-refractivity contribution < 1.29 is 4.79 Å². The predicted molar refractivity (Wildman–Crippen MR) is 49.5 cm³/mol. The van der Waals surface area contributed by atoms with E-state index in [1.165, 1.54) is 0 Å². The van der Waals surface area contributed by atoms with Gasteiger partial charge in [-0.25, -0.2) is 0 Å². The fourth-order valence-corrected chi connectivity index (χ4v) is 1.97. The van der Waals surface area contributed by atoms with E-state index in [-0.39, 0.29) is 0 Å². The molecule has 0 unspecified atom stereocenters. The van der Waals surface area contributed by atoms with Crippen molar-refractivity contribution in [3.8, 4) is 0 Å². The second-order valence-corrected chi connectivity index (χ2v) is 3.85. The molecule has 68 valence electrons. The van der Waals surface area contributed by atoms with Gasteiger partial charge in [0, 0.05) is 6.42 Å². The lowest BCUT2D eigenvalue weighted by Crippen LogP contribution is -2.16. The highest BCUT2D eigenvalue weighted by atomic mass is 16.1. The molecule has 2 heteroatoms. The minimum Gasteiger partial charge on any atom is -0.313 e. The number of ketones is 1. The summed E-state index contributed by atoms with van der Waals surface area (Å²) in [4.78, 5) is 10.8. The Morgan fingerprint density at radius 1 is 1.42 bits per heavy atom. The number of carbonyl (C=O) groups excluding carboxylic acids is 1. The molecule has 0 amide bonds. The summed E-state index contributed by atoms with van der Waals surface area (Å²) >= 11 is 0. The van der Waals surface area contributed by atoms with Crippen molar-refractivity contribution in [2.45, 2.75) is 39.0 Å². The van der Waals surface area contributed by atoms with Crippen molar-refractivity contribution >= 4 is 12.0 Å². The first-order chi connectivity index (χ1) is 5.72. The molecule has 0 heterocycles. The summed E-state index contributed by atoms with van der Waals surface area (Å²) in [5, 5.41) is 7.11. The van der Waals surface area contributed by atoms with Gasteiger partial charge in [-0.2, -0.15) is 0 Å². The van der Waals surface area contributed by atoms with E-state index in [4.69, 9.17) is 5.41 Å². The predicted octanol–water partition coefficient (Wildman–Crippen LogP) is 2.42. The average molecular weight is 167 g/mol. The maximum absolute atomic E-state index is 10.8. The molecule has 1 N–H and O–H groups in total. The standard InChI is InChI=1S/C10H17NO/c1-8(12)6-9-2-4-10(7-11)5-3-9/h7,9-11H,2-6H2,1H3/t9-,10-. The second-order valence-electron chi connectivity index (χ2n) is 3.85. The number of carbonyl (C=O) groups is 1. The highest BCUT2D eigenvalue weighted by molar-refractivity contribution is 5.75. The molecule has 1 aliphatic carbocycles. The van der Waals surface area contributed by atoms with Gasteiger partial charge >= 0.3 is 0 Å². The monoisotopic (exact) mass is 167 g/mol. The van der Waals surface area contributed by atoms with Gasteiger partial charge in [0.15, 0.2) is 0 Å². The van der Waals surface area contributed by atoms with Crippen LogP contribution in [0.5, 0.6) is 0 Å². The molecule has 0 aromatic rings. The van der Waals surface area contributed by atoms with Gasteiger partial charge in [-0.1, -0.05) is 0 Å². The van der Waals surface area contributed by atoms with E-state index in [0.29, 0.717) is 17.6 Å². The third-order valence-electron chi connectivity index (χ3n) is 2.70. The number of Topliss-reactive ketones (excluding diaryl/α,β-unsaturated/α-hetero) is 1. The summed E-state index contributed by atoms with van der Waals surface area (Å²) in [6.07, 6.45) is 6.82. The molecule has 1 aliphatic rings. The van der Waals surface area contributed by atoms with E-state index in [1.807, 2.05) is 0 Å². The maximum Gasteiger partial charge on any atom is 0.130 e. The average Bonchev–Trinajstić information content (AvgIpc) is 2.05. The van der Waals surface area contributed by atoms with Gasteiger partial charge in [-0.05, 0) is 50.7 Å². The Bertz CT molecular complexity index is 169. The van der Waals surface area contributed by atoms with Crippen molar-refractivity contribution in [2.75, 3.05) is 0 Å². The van der Waals surface area contributed by atoms with E-state index in [1.54, 1.807) is 13.1 Å². The van der Waals surface area contributed by atoms with Crippen LogP contribution in [0.15, 0.2) is 0 Å². The Labute approximate surface area is 73.9 Å². The van der Waals surface area contributed by atoms with Crippen molar-refractivity contribution in [1.82, 2.24) is 0 Å². The first kappa shape index (κ1) is 9.43. The van der Waals surface area contributed by atoms with Gasteiger partial charge in [0.25, 0.3) is 0 Å². The van der Waals surface area contributed by atoms with Crippen molar-refractivity contribution in [1.29, 1.82) is 5.41 Å². The largest absolute Gasteiger partial charge is 0.313 e. The van der Waals surface area contributed by atoms with Crippen molar-refractivity contribution in [3.63, 3.8) is 0 Å². The Hall–Kier alpha value is -0.660. The zero-order valence-electron chi connectivity index (χ0n) is 7.68. The summed E-state index contributed by atoms with van der Waals surface area (Å²) < 4.78 is 0. The summed E-state index contributed by atoms with van der Waals surface area (Å²) in [5.41, 5.74) is 0. The SMILES string of the molecule is CC(=O)C[C@H]1CC[C@H](C=N)CC1. The van der Waals surface area contributed by atoms with Crippen LogP contribution in [0.4, 0.5) is 0 Å². The fourth-order valence-electron chi connectivity index (χ4n) is 1.97. The molecule has 2 nitrogen and oxygen atoms in total. The molecule has 0 atom stereocenters. The van der Waals surface area contributed by atoms with Crippen LogP contribution in [0.2, 0.25) is 0 Å². The van der Waals surface area contributed by atoms with E-state index in [2.05, 4.69) is 0 Å². The molecular formula is C10H17NO. The Morgan fingerprint density at radius 2 is 2.00 bits per heavy atom. The van der Waals surface area contributed by atoms with Gasteiger partial charge in [-0.15, -0.1) is 0 Å². The molecule has 0 saturated heterocycles. The highest BCUT2D eigenvalue weighted by Gasteiger charge is 2.20. The molecule has 1 rings (SSSR count). The van der Waals surface area contributed by atoms with Gasteiger partial charge < -0.3 is 10.2 Å². The third kappa shape index (κ3) is 2.76. The molecule has 1 fully saturated rings. The molecule has 0 aromatic carbocycles. The number of rotatable bonds is 3. The Morgan fingerprint density at radius 3 is 2.42 bits per heavy atom. The Kier molecular flexibility index (Phi) is 3.45. The lowest BCUT2D eigenvalue weighted by Gasteiger charge is -2.24. The molecular weight excluding hydrogens is 150 g/mol. The Balaban J connectivity index is 2.26. The fraction of sp³-hybridized carbons (Fsp3) is 0.800. The topological polar surface area (TPSA) is 40.9 Å². The van der Waals surface area contributed by atoms with E-state index >= 15 is 0 Å². The molecule has 0 radical (unpaired) electrons. The van der Waals surface area contributed by atoms with E-state index in [0.717, 1.165) is 32.1 Å². The lowest BCUT2D eigenvalue weighted by molar-refractivity contribution is -0.118. The first-order valence-corrected chi connectivity index (χ1v) is 4.72. The normalized spacial score (nSPS) is 29.8. The van der Waals surface area contributed by atoms with Crippen molar-refractivity contribution in [2.24, 2.45) is 11.8 Å². The van der Waals surface area contributed by atoms with Crippen LogP contribution in [-0.4, -0.2) is 12.0 Å². The molecule has 12 heavy (non-hydrogen) atoms. The molecule has 0 aliphatic heterocycles. The highest BCUT2D eigenvalue weighted by Crippen LogP contribution is 2.29. The summed E-state index contributed by atoms with van der Waals surface area (Å²) in [7, 11) is 0. The third-order valence-corrected chi connectivity index (χ3v) is 2.70. The molecule has 0 aromatic heterocycles. The number of nitrogens with one attached hydrogen (secondary N) is 1. The zero-order chi connectivity index (χ0) is 8.97. The minimum absolute atomic E-state index is 0.313. The summed E-state index contributed by atoms with van der Waals surface area (Å²) in [5.74, 6) is 1.42. The van der Waals surface area contributed by atoms with Gasteiger partial charge in [-0.3, -0.25) is 0 Å². The first-order valence-electron chi connectivity index (χ1n) is 4.72. The van der Waals surface area contributed by atoms with Crippen LogP contribution in [0.25, 0.3) is 0 Å². The van der Waals surface area contributed by atoms with E-state index in [9.17, 15) is 4.79 Å². The van der Waals surface area contributed by atoms with Crippen molar-refractivity contribution in [3.05, 3.63) is 0 Å². The molecule has 0 spiro atoms. The van der Waals surface area contributed by atoms with Crippen LogP contribution in [0.3, 0.4) is 0 Å². The van der Waals surface area contributed by atoms with Gasteiger partial charge in [0.2, 0.25) is 0 Å². The number of hydrogen-bond acceptors (Lipinski definition) is 2. The van der Waals surface area contributed by atoms with Gasteiger partial charge in [0.05, 0.1) is 0 Å². The zero-order valence-corrected chi connectivity index (χ0v) is 7.68. The molecule has 1 saturated carbocycles. The van der Waals surface area contributed by atoms with Crippen LogP contribution in [0.1, 0.15) is 39.0 Å². The van der Waals surface area contributed by atoms with Crippen LogP contribution >= 0.6 is 0 Å². The van der Waals surface area contributed by atoms with Crippen LogP contribution in [0, 0.1) is 17.2 Å². The minimum atomic E-state index is 0.313. The smallest absolute Gasteiger partial charge is 0.130 e. The summed E-state index contributed by atoms with van der Waals surface area (Å²) in [6, 6.07) is 0. The van der Waals surface area contributed by atoms with E-state index < -0.39 is 0 Å². The maximum atomic E-state index is 10.8.